The van der Waals surface area contributed by atoms with Crippen LogP contribution in [0.1, 0.15) is 12.8 Å². The van der Waals surface area contributed by atoms with E-state index in [4.69, 9.17) is 0 Å². The number of nitrogens with one attached hydrogen (secondary N) is 2. The van der Waals surface area contributed by atoms with E-state index in [9.17, 15) is 0 Å². The second-order valence-electron chi connectivity index (χ2n) is 5.67. The molecule has 1 saturated heterocycles. The highest BCUT2D eigenvalue weighted by Gasteiger charge is 2.20. The summed E-state index contributed by atoms with van der Waals surface area (Å²) in [6, 6.07) is 6.72. The third kappa shape index (κ3) is 2.59. The summed E-state index contributed by atoms with van der Waals surface area (Å²) < 4.78 is 0. The highest BCUT2D eigenvalue weighted by atomic mass is 15.2. The van der Waals surface area contributed by atoms with Crippen LogP contribution in [0.25, 0.3) is 10.9 Å². The number of hydrogen-bond acceptors (Lipinski definition) is 5. The minimum atomic E-state index is 0.417. The summed E-state index contributed by atoms with van der Waals surface area (Å²) >= 11 is 0. The first-order valence-electron chi connectivity index (χ1n) is 7.59. The SMILES string of the molecule is c1cnc(N2CCCC(Nc3ccc4[nH]ncc4c3)C2)cn1. The Morgan fingerprint density at radius 1 is 1.23 bits per heavy atom. The van der Waals surface area contributed by atoms with E-state index in [1.807, 2.05) is 12.4 Å². The van der Waals surface area contributed by atoms with Gasteiger partial charge in [0.15, 0.2) is 0 Å². The van der Waals surface area contributed by atoms with Gasteiger partial charge in [-0.1, -0.05) is 0 Å². The summed E-state index contributed by atoms with van der Waals surface area (Å²) in [6.07, 6.45) is 9.47. The lowest BCUT2D eigenvalue weighted by Crippen LogP contribution is -2.42. The summed E-state index contributed by atoms with van der Waals surface area (Å²) in [5.41, 5.74) is 2.20. The Kier molecular flexibility index (Phi) is 3.34. The number of benzene rings is 1. The van der Waals surface area contributed by atoms with Gasteiger partial charge in [0.25, 0.3) is 0 Å². The van der Waals surface area contributed by atoms with Gasteiger partial charge in [-0.15, -0.1) is 0 Å². The summed E-state index contributed by atoms with van der Waals surface area (Å²) in [6.45, 7) is 1.99. The monoisotopic (exact) mass is 294 g/mol. The minimum Gasteiger partial charge on any atom is -0.381 e. The van der Waals surface area contributed by atoms with E-state index < -0.39 is 0 Å². The fourth-order valence-corrected chi connectivity index (χ4v) is 3.03. The van der Waals surface area contributed by atoms with Gasteiger partial charge < -0.3 is 10.2 Å². The number of aromatic nitrogens is 4. The van der Waals surface area contributed by atoms with Crippen molar-refractivity contribution in [3.05, 3.63) is 43.0 Å². The van der Waals surface area contributed by atoms with E-state index in [0.29, 0.717) is 6.04 Å². The Labute approximate surface area is 128 Å². The summed E-state index contributed by atoms with van der Waals surface area (Å²) in [7, 11) is 0. The van der Waals surface area contributed by atoms with Crippen molar-refractivity contribution in [2.45, 2.75) is 18.9 Å². The summed E-state index contributed by atoms with van der Waals surface area (Å²) in [5.74, 6) is 0.958. The predicted molar refractivity (Wildman–Crippen MR) is 87.0 cm³/mol. The molecule has 6 heteroatoms. The zero-order chi connectivity index (χ0) is 14.8. The molecule has 0 bridgehead atoms. The molecule has 0 aliphatic carbocycles. The molecule has 22 heavy (non-hydrogen) atoms. The second-order valence-corrected chi connectivity index (χ2v) is 5.67. The quantitative estimate of drug-likeness (QED) is 0.776. The molecular weight excluding hydrogens is 276 g/mol. The molecule has 3 heterocycles. The maximum Gasteiger partial charge on any atom is 0.147 e. The third-order valence-electron chi connectivity index (χ3n) is 4.11. The van der Waals surface area contributed by atoms with Crippen LogP contribution in [0.4, 0.5) is 11.5 Å². The Balaban J connectivity index is 1.48. The lowest BCUT2D eigenvalue weighted by atomic mass is 10.1. The minimum absolute atomic E-state index is 0.417. The first kappa shape index (κ1) is 13.1. The fourth-order valence-electron chi connectivity index (χ4n) is 3.03. The Hall–Kier alpha value is -2.63. The molecule has 0 spiro atoms. The second kappa shape index (κ2) is 5.63. The first-order chi connectivity index (χ1) is 10.9. The van der Waals surface area contributed by atoms with Crippen molar-refractivity contribution >= 4 is 22.4 Å². The van der Waals surface area contributed by atoms with E-state index in [1.165, 1.54) is 6.42 Å². The fraction of sp³-hybridized carbons (Fsp3) is 0.312. The van der Waals surface area contributed by atoms with Gasteiger partial charge in [0.1, 0.15) is 5.82 Å². The molecule has 2 aromatic heterocycles. The average Bonchev–Trinajstić information content (AvgIpc) is 3.04. The number of anilines is 2. The van der Waals surface area contributed by atoms with Gasteiger partial charge in [-0.25, -0.2) is 4.98 Å². The first-order valence-corrected chi connectivity index (χ1v) is 7.59. The maximum atomic E-state index is 4.40. The maximum absolute atomic E-state index is 4.40. The van der Waals surface area contributed by atoms with Crippen molar-refractivity contribution in [1.82, 2.24) is 20.2 Å². The van der Waals surface area contributed by atoms with Crippen molar-refractivity contribution in [2.75, 3.05) is 23.3 Å². The molecule has 1 aliphatic heterocycles. The van der Waals surface area contributed by atoms with Crippen LogP contribution in [0.3, 0.4) is 0 Å². The molecule has 1 fully saturated rings. The zero-order valence-electron chi connectivity index (χ0n) is 12.2. The van der Waals surface area contributed by atoms with Gasteiger partial charge in [-0.3, -0.25) is 10.1 Å². The number of fused-ring (bicyclic) bond motifs is 1. The summed E-state index contributed by atoms with van der Waals surface area (Å²) in [4.78, 5) is 10.9. The lowest BCUT2D eigenvalue weighted by Gasteiger charge is -2.34. The normalized spacial score (nSPS) is 18.5. The van der Waals surface area contributed by atoms with Gasteiger partial charge in [0.2, 0.25) is 0 Å². The Morgan fingerprint density at radius 2 is 2.23 bits per heavy atom. The molecule has 1 atom stereocenters. The van der Waals surface area contributed by atoms with E-state index in [2.05, 4.69) is 48.6 Å². The molecule has 0 saturated carbocycles. The van der Waals surface area contributed by atoms with Gasteiger partial charge >= 0.3 is 0 Å². The Bertz CT molecular complexity index is 753. The van der Waals surface area contributed by atoms with Crippen LogP contribution in [0.2, 0.25) is 0 Å². The molecule has 2 N–H and O–H groups in total. The number of rotatable bonds is 3. The van der Waals surface area contributed by atoms with Crippen LogP contribution in [-0.2, 0) is 0 Å². The number of H-pyrrole nitrogens is 1. The van der Waals surface area contributed by atoms with E-state index >= 15 is 0 Å². The zero-order valence-corrected chi connectivity index (χ0v) is 12.2. The van der Waals surface area contributed by atoms with Crippen LogP contribution in [0.15, 0.2) is 43.0 Å². The highest BCUT2D eigenvalue weighted by molar-refractivity contribution is 5.81. The van der Waals surface area contributed by atoms with Crippen LogP contribution < -0.4 is 10.2 Å². The van der Waals surface area contributed by atoms with Gasteiger partial charge in [0.05, 0.1) is 17.9 Å². The van der Waals surface area contributed by atoms with Crippen LogP contribution in [0.5, 0.6) is 0 Å². The third-order valence-corrected chi connectivity index (χ3v) is 4.11. The number of aromatic amines is 1. The van der Waals surface area contributed by atoms with Crippen LogP contribution >= 0.6 is 0 Å². The molecule has 1 aromatic carbocycles. The molecule has 112 valence electrons. The van der Waals surface area contributed by atoms with Crippen molar-refractivity contribution in [2.24, 2.45) is 0 Å². The molecule has 1 unspecified atom stereocenters. The molecular formula is C16H18N6. The largest absolute Gasteiger partial charge is 0.381 e. The molecule has 0 radical (unpaired) electrons. The molecule has 1 aliphatic rings. The van der Waals surface area contributed by atoms with Crippen molar-refractivity contribution in [1.29, 1.82) is 0 Å². The average molecular weight is 294 g/mol. The van der Waals surface area contributed by atoms with Crippen LogP contribution in [0, 0.1) is 0 Å². The molecule has 6 nitrogen and oxygen atoms in total. The molecule has 3 aromatic rings. The number of hydrogen-bond donors (Lipinski definition) is 2. The van der Waals surface area contributed by atoms with Crippen LogP contribution in [-0.4, -0.2) is 39.3 Å². The van der Waals surface area contributed by atoms with Crippen molar-refractivity contribution in [3.63, 3.8) is 0 Å². The van der Waals surface area contributed by atoms with Gasteiger partial charge in [0, 0.05) is 42.6 Å². The molecule has 4 rings (SSSR count). The predicted octanol–water partition coefficient (Wildman–Crippen LogP) is 2.43. The van der Waals surface area contributed by atoms with E-state index in [0.717, 1.165) is 41.9 Å². The van der Waals surface area contributed by atoms with Crippen molar-refractivity contribution in [3.8, 4) is 0 Å². The summed E-state index contributed by atoms with van der Waals surface area (Å²) in [5, 5.41) is 11.8. The topological polar surface area (TPSA) is 69.7 Å². The standard InChI is InChI=1S/C16H18N6/c1-2-14(11-22(7-1)16-10-17-5-6-18-16)20-13-3-4-15-12(8-13)9-19-21-15/h3-6,8-10,14,20H,1-2,7,11H2,(H,19,21). The van der Waals surface area contributed by atoms with E-state index in [-0.39, 0.29) is 0 Å². The van der Waals surface area contributed by atoms with E-state index in [1.54, 1.807) is 12.4 Å². The lowest BCUT2D eigenvalue weighted by molar-refractivity contribution is 0.526. The number of piperidine rings is 1. The van der Waals surface area contributed by atoms with Crippen molar-refractivity contribution < 1.29 is 0 Å². The number of nitrogens with zero attached hydrogens (tertiary/aromatic N) is 4. The van der Waals surface area contributed by atoms with Gasteiger partial charge in [-0.2, -0.15) is 5.10 Å². The van der Waals surface area contributed by atoms with Gasteiger partial charge in [-0.05, 0) is 31.0 Å². The highest BCUT2D eigenvalue weighted by Crippen LogP contribution is 2.22. The smallest absolute Gasteiger partial charge is 0.147 e. The Morgan fingerprint density at radius 3 is 3.14 bits per heavy atom. The molecule has 0 amide bonds.